The highest BCUT2D eigenvalue weighted by atomic mass is 79.9. The highest BCUT2D eigenvalue weighted by Crippen LogP contribution is 2.37. The quantitative estimate of drug-likeness (QED) is 0.856. The van der Waals surface area contributed by atoms with Crippen molar-refractivity contribution in [3.05, 3.63) is 46.9 Å². The van der Waals surface area contributed by atoms with Crippen molar-refractivity contribution in [3.8, 4) is 16.9 Å². The number of carbonyl (C=O) groups is 1. The van der Waals surface area contributed by atoms with Gasteiger partial charge in [-0.2, -0.15) is 0 Å². The molecule has 0 fully saturated rings. The fourth-order valence-electron chi connectivity index (χ4n) is 2.03. The SMILES string of the molecule is COc1cccc(NC(C)C(=O)O)c1-c1ccc(Br)cc1. The lowest BCUT2D eigenvalue weighted by atomic mass is 10.0. The molecule has 0 saturated heterocycles. The van der Waals surface area contributed by atoms with Gasteiger partial charge in [-0.25, -0.2) is 0 Å². The molecule has 2 aromatic carbocycles. The zero-order chi connectivity index (χ0) is 15.4. The summed E-state index contributed by atoms with van der Waals surface area (Å²) in [6.45, 7) is 1.60. The van der Waals surface area contributed by atoms with Crippen LogP contribution in [0.1, 0.15) is 6.92 Å². The number of aliphatic carboxylic acids is 1. The van der Waals surface area contributed by atoms with Gasteiger partial charge >= 0.3 is 5.97 Å². The minimum absolute atomic E-state index is 0.689. The molecule has 2 N–H and O–H groups in total. The van der Waals surface area contributed by atoms with E-state index in [1.165, 1.54) is 0 Å². The molecule has 110 valence electrons. The summed E-state index contributed by atoms with van der Waals surface area (Å²) in [5.41, 5.74) is 2.53. The summed E-state index contributed by atoms with van der Waals surface area (Å²) >= 11 is 3.41. The second-order valence-electron chi connectivity index (χ2n) is 4.59. The molecule has 1 unspecified atom stereocenters. The average Bonchev–Trinajstić information content (AvgIpc) is 2.48. The van der Waals surface area contributed by atoms with Crippen molar-refractivity contribution in [2.75, 3.05) is 12.4 Å². The third-order valence-electron chi connectivity index (χ3n) is 3.12. The molecule has 0 saturated carbocycles. The summed E-state index contributed by atoms with van der Waals surface area (Å²) in [5, 5.41) is 12.1. The van der Waals surface area contributed by atoms with Gasteiger partial charge in [0, 0.05) is 15.7 Å². The summed E-state index contributed by atoms with van der Waals surface area (Å²) in [7, 11) is 1.60. The monoisotopic (exact) mass is 349 g/mol. The molecular weight excluding hydrogens is 334 g/mol. The Balaban J connectivity index is 2.50. The summed E-state index contributed by atoms with van der Waals surface area (Å²) < 4.78 is 6.39. The first-order valence-corrected chi connectivity index (χ1v) is 7.24. The van der Waals surface area contributed by atoms with Crippen molar-refractivity contribution in [1.29, 1.82) is 0 Å². The van der Waals surface area contributed by atoms with E-state index in [0.717, 1.165) is 21.3 Å². The van der Waals surface area contributed by atoms with E-state index in [9.17, 15) is 4.79 Å². The van der Waals surface area contributed by atoms with Crippen molar-refractivity contribution < 1.29 is 14.6 Å². The first-order valence-electron chi connectivity index (χ1n) is 6.45. The van der Waals surface area contributed by atoms with Crippen LogP contribution in [0.5, 0.6) is 5.75 Å². The van der Waals surface area contributed by atoms with Crippen molar-refractivity contribution in [1.82, 2.24) is 0 Å². The van der Waals surface area contributed by atoms with Crippen LogP contribution in [0.4, 0.5) is 5.69 Å². The van der Waals surface area contributed by atoms with Crippen molar-refractivity contribution in [3.63, 3.8) is 0 Å². The number of hydrogen-bond acceptors (Lipinski definition) is 3. The standard InChI is InChI=1S/C16H16BrNO3/c1-10(16(19)20)18-13-4-3-5-14(21-2)15(13)11-6-8-12(17)9-7-11/h3-10,18H,1-2H3,(H,19,20). The Labute approximate surface area is 131 Å². The topological polar surface area (TPSA) is 58.6 Å². The van der Waals surface area contributed by atoms with Crippen LogP contribution in [0, 0.1) is 0 Å². The van der Waals surface area contributed by atoms with Gasteiger partial charge in [-0.15, -0.1) is 0 Å². The number of nitrogens with one attached hydrogen (secondary N) is 1. The molecule has 2 aromatic rings. The van der Waals surface area contributed by atoms with E-state index in [0.29, 0.717) is 5.75 Å². The summed E-state index contributed by atoms with van der Waals surface area (Å²) in [6, 6.07) is 12.6. The molecule has 0 heterocycles. The van der Waals surface area contributed by atoms with E-state index in [-0.39, 0.29) is 0 Å². The molecule has 0 aromatic heterocycles. The van der Waals surface area contributed by atoms with Gasteiger partial charge in [0.2, 0.25) is 0 Å². The average molecular weight is 350 g/mol. The van der Waals surface area contributed by atoms with Crippen molar-refractivity contribution >= 4 is 27.6 Å². The van der Waals surface area contributed by atoms with E-state index in [4.69, 9.17) is 9.84 Å². The Hall–Kier alpha value is -2.01. The number of carboxylic acid groups (broad SMARTS) is 1. The number of rotatable bonds is 5. The Morgan fingerprint density at radius 1 is 1.24 bits per heavy atom. The maximum Gasteiger partial charge on any atom is 0.325 e. The highest BCUT2D eigenvalue weighted by molar-refractivity contribution is 9.10. The predicted octanol–water partition coefficient (Wildman–Crippen LogP) is 4.01. The molecule has 0 amide bonds. The number of benzene rings is 2. The second kappa shape index (κ2) is 6.63. The van der Waals surface area contributed by atoms with Gasteiger partial charge < -0.3 is 15.2 Å². The van der Waals surface area contributed by atoms with Crippen LogP contribution in [0.25, 0.3) is 11.1 Å². The van der Waals surface area contributed by atoms with E-state index in [1.54, 1.807) is 14.0 Å². The highest BCUT2D eigenvalue weighted by Gasteiger charge is 2.16. The van der Waals surface area contributed by atoms with Gasteiger partial charge in [-0.1, -0.05) is 34.1 Å². The largest absolute Gasteiger partial charge is 0.496 e. The lowest BCUT2D eigenvalue weighted by Gasteiger charge is -2.18. The molecule has 4 nitrogen and oxygen atoms in total. The predicted molar refractivity (Wildman–Crippen MR) is 86.9 cm³/mol. The molecule has 0 aliphatic carbocycles. The molecule has 0 aliphatic heterocycles. The Bertz CT molecular complexity index is 640. The maximum atomic E-state index is 11.1. The third-order valence-corrected chi connectivity index (χ3v) is 3.65. The zero-order valence-corrected chi connectivity index (χ0v) is 13.3. The van der Waals surface area contributed by atoms with Crippen LogP contribution < -0.4 is 10.1 Å². The smallest absolute Gasteiger partial charge is 0.325 e. The number of methoxy groups -OCH3 is 1. The van der Waals surface area contributed by atoms with Gasteiger partial charge in [0.1, 0.15) is 11.8 Å². The Morgan fingerprint density at radius 3 is 2.48 bits per heavy atom. The van der Waals surface area contributed by atoms with Crippen LogP contribution in [0.15, 0.2) is 46.9 Å². The maximum absolute atomic E-state index is 11.1. The number of carboxylic acids is 1. The van der Waals surface area contributed by atoms with Gasteiger partial charge in [-0.05, 0) is 36.8 Å². The van der Waals surface area contributed by atoms with E-state index in [2.05, 4.69) is 21.2 Å². The fraction of sp³-hybridized carbons (Fsp3) is 0.188. The van der Waals surface area contributed by atoms with Gasteiger partial charge in [0.15, 0.2) is 0 Å². The molecule has 0 radical (unpaired) electrons. The van der Waals surface area contributed by atoms with Crippen LogP contribution in [0.2, 0.25) is 0 Å². The molecule has 2 rings (SSSR count). The molecule has 0 spiro atoms. The minimum atomic E-state index is -0.903. The fourth-order valence-corrected chi connectivity index (χ4v) is 2.30. The molecule has 21 heavy (non-hydrogen) atoms. The van der Waals surface area contributed by atoms with E-state index in [1.807, 2.05) is 42.5 Å². The van der Waals surface area contributed by atoms with Crippen LogP contribution in [-0.4, -0.2) is 24.2 Å². The Morgan fingerprint density at radius 2 is 1.90 bits per heavy atom. The Kier molecular flexibility index (Phi) is 4.85. The number of anilines is 1. The summed E-state index contributed by atoms with van der Waals surface area (Å²) in [4.78, 5) is 11.1. The minimum Gasteiger partial charge on any atom is -0.496 e. The summed E-state index contributed by atoms with van der Waals surface area (Å²) in [5.74, 6) is -0.209. The van der Waals surface area contributed by atoms with Crippen LogP contribution in [-0.2, 0) is 4.79 Å². The zero-order valence-electron chi connectivity index (χ0n) is 11.8. The normalized spacial score (nSPS) is 11.8. The van der Waals surface area contributed by atoms with Gasteiger partial charge in [0.25, 0.3) is 0 Å². The number of hydrogen-bond donors (Lipinski definition) is 2. The second-order valence-corrected chi connectivity index (χ2v) is 5.51. The third kappa shape index (κ3) is 3.55. The van der Waals surface area contributed by atoms with E-state index < -0.39 is 12.0 Å². The van der Waals surface area contributed by atoms with Crippen LogP contribution >= 0.6 is 15.9 Å². The molecule has 0 bridgehead atoms. The lowest BCUT2D eigenvalue weighted by molar-refractivity contribution is -0.137. The van der Waals surface area contributed by atoms with Gasteiger partial charge in [-0.3, -0.25) is 4.79 Å². The first kappa shape index (κ1) is 15.4. The van der Waals surface area contributed by atoms with Crippen molar-refractivity contribution in [2.24, 2.45) is 0 Å². The number of halogens is 1. The molecule has 1 atom stereocenters. The lowest BCUT2D eigenvalue weighted by Crippen LogP contribution is -2.25. The molecule has 5 heteroatoms. The van der Waals surface area contributed by atoms with Crippen molar-refractivity contribution in [2.45, 2.75) is 13.0 Å². The number of ether oxygens (including phenoxy) is 1. The van der Waals surface area contributed by atoms with Gasteiger partial charge in [0.05, 0.1) is 7.11 Å². The molecule has 0 aliphatic rings. The molecular formula is C16H16BrNO3. The summed E-state index contributed by atoms with van der Waals surface area (Å²) in [6.07, 6.45) is 0. The first-order chi connectivity index (χ1) is 10.0. The van der Waals surface area contributed by atoms with E-state index >= 15 is 0 Å². The van der Waals surface area contributed by atoms with Crippen LogP contribution in [0.3, 0.4) is 0 Å².